The Kier molecular flexibility index (Phi) is 6.89. The van der Waals surface area contributed by atoms with Crippen LogP contribution >= 0.6 is 0 Å². The van der Waals surface area contributed by atoms with E-state index in [0.717, 1.165) is 39.2 Å². The van der Waals surface area contributed by atoms with E-state index in [1.165, 1.54) is 64.6 Å². The molecule has 0 radical (unpaired) electrons. The van der Waals surface area contributed by atoms with Crippen molar-refractivity contribution in [2.24, 2.45) is 0 Å². The molecule has 0 bridgehead atoms. The maximum Gasteiger partial charge on any atom is 0.197 e. The van der Waals surface area contributed by atoms with Crippen LogP contribution in [0.5, 0.6) is 0 Å². The Labute approximate surface area is 328 Å². The van der Waals surface area contributed by atoms with Crippen LogP contribution in [0.4, 0.5) is 0 Å². The first-order chi connectivity index (χ1) is 28.3. The number of benzene rings is 10. The SMILES string of the molecule is c1ccc(-n2c(-c3nc(-c4ccc5c6ccccc6c6ccccc6c5c4)cc(-c4ccc5c6ccccc6c6ccccc6c5c4)n3)nc3ccccc32)cc1. The van der Waals surface area contributed by atoms with Gasteiger partial charge in [0.05, 0.1) is 22.4 Å². The van der Waals surface area contributed by atoms with Gasteiger partial charge in [-0.3, -0.25) is 4.57 Å². The molecule has 2 heterocycles. The van der Waals surface area contributed by atoms with Crippen molar-refractivity contribution >= 4 is 75.7 Å². The molecule has 0 aliphatic carbocycles. The predicted octanol–water partition coefficient (Wildman–Crippen LogP) is 13.7. The third kappa shape index (κ3) is 4.91. The van der Waals surface area contributed by atoms with Crippen LogP contribution in [0.1, 0.15) is 0 Å². The summed E-state index contributed by atoms with van der Waals surface area (Å²) < 4.78 is 2.18. The molecule has 57 heavy (non-hydrogen) atoms. The molecule has 0 aliphatic heterocycles. The minimum absolute atomic E-state index is 0.564. The lowest BCUT2D eigenvalue weighted by Crippen LogP contribution is -2.03. The van der Waals surface area contributed by atoms with Crippen molar-refractivity contribution in [2.75, 3.05) is 0 Å². The molecule has 0 saturated carbocycles. The predicted molar refractivity (Wildman–Crippen MR) is 238 cm³/mol. The van der Waals surface area contributed by atoms with Gasteiger partial charge in [-0.2, -0.15) is 0 Å². The first kappa shape index (κ1) is 31.6. The highest BCUT2D eigenvalue weighted by atomic mass is 15.1. The molecule has 0 amide bonds. The molecular weight excluding hydrogens is 693 g/mol. The van der Waals surface area contributed by atoms with Crippen LogP contribution in [0.2, 0.25) is 0 Å². The summed E-state index contributed by atoms with van der Waals surface area (Å²) in [6.07, 6.45) is 0. The summed E-state index contributed by atoms with van der Waals surface area (Å²) in [5.74, 6) is 1.26. The van der Waals surface area contributed by atoms with Gasteiger partial charge in [0.2, 0.25) is 0 Å². The summed E-state index contributed by atoms with van der Waals surface area (Å²) in [5, 5.41) is 14.8. The standard InChI is InChI=1S/C53H32N4/c1-2-14-35(15-3-1)57-51-25-13-12-24-48(51)56-53(57)52-54-49(33-26-28-44-40-20-6-4-16-36(40)38-18-8-10-22-42(38)46(44)30-33)32-50(55-52)34-27-29-45-41-21-7-5-17-37(41)39-19-9-11-23-43(39)47(45)31-34/h1-32H. The number of nitrogens with zero attached hydrogens (tertiary/aromatic N) is 4. The molecule has 4 nitrogen and oxygen atoms in total. The van der Waals surface area contributed by atoms with E-state index >= 15 is 0 Å². The van der Waals surface area contributed by atoms with Crippen LogP contribution in [0.3, 0.4) is 0 Å². The van der Waals surface area contributed by atoms with Crippen LogP contribution in [-0.2, 0) is 0 Å². The second-order valence-corrected chi connectivity index (χ2v) is 14.8. The van der Waals surface area contributed by atoms with Crippen molar-refractivity contribution < 1.29 is 0 Å². The Morgan fingerprint density at radius 3 is 1.16 bits per heavy atom. The number of aromatic nitrogens is 4. The molecule has 0 unspecified atom stereocenters. The Morgan fingerprint density at radius 2 is 0.684 bits per heavy atom. The lowest BCUT2D eigenvalue weighted by atomic mass is 9.92. The van der Waals surface area contributed by atoms with Gasteiger partial charge in [-0.15, -0.1) is 0 Å². The zero-order valence-corrected chi connectivity index (χ0v) is 30.8. The van der Waals surface area contributed by atoms with Crippen molar-refractivity contribution in [3.8, 4) is 39.9 Å². The van der Waals surface area contributed by atoms with Crippen LogP contribution < -0.4 is 0 Å². The Hall–Kier alpha value is -7.69. The maximum atomic E-state index is 5.39. The van der Waals surface area contributed by atoms with Crippen molar-refractivity contribution in [2.45, 2.75) is 0 Å². The molecule has 10 aromatic carbocycles. The second kappa shape index (κ2) is 12.4. The number of hydrogen-bond donors (Lipinski definition) is 0. The largest absolute Gasteiger partial charge is 0.290 e. The lowest BCUT2D eigenvalue weighted by molar-refractivity contribution is 1.05. The van der Waals surface area contributed by atoms with Crippen LogP contribution in [0.15, 0.2) is 194 Å². The Morgan fingerprint density at radius 1 is 0.298 bits per heavy atom. The van der Waals surface area contributed by atoms with Crippen molar-refractivity contribution in [3.05, 3.63) is 194 Å². The van der Waals surface area contributed by atoms with Crippen molar-refractivity contribution in [1.82, 2.24) is 19.5 Å². The van der Waals surface area contributed by atoms with Crippen molar-refractivity contribution in [1.29, 1.82) is 0 Å². The number of imidazole rings is 1. The minimum atomic E-state index is 0.564. The van der Waals surface area contributed by atoms with E-state index in [-0.39, 0.29) is 0 Å². The smallest absolute Gasteiger partial charge is 0.197 e. The van der Waals surface area contributed by atoms with E-state index in [2.05, 4.69) is 187 Å². The number of fused-ring (bicyclic) bond motifs is 13. The number of rotatable bonds is 4. The lowest BCUT2D eigenvalue weighted by Gasteiger charge is -2.15. The van der Waals surface area contributed by atoms with Gasteiger partial charge in [0, 0.05) is 16.8 Å². The molecule has 0 spiro atoms. The molecule has 0 aliphatic rings. The molecule has 0 N–H and O–H groups in total. The van der Waals surface area contributed by atoms with Crippen molar-refractivity contribution in [3.63, 3.8) is 0 Å². The topological polar surface area (TPSA) is 43.6 Å². The van der Waals surface area contributed by atoms with Crippen LogP contribution in [0, 0.1) is 0 Å². The Balaban J connectivity index is 1.15. The molecule has 0 fully saturated rings. The van der Waals surface area contributed by atoms with E-state index in [1.807, 2.05) is 12.1 Å². The summed E-state index contributed by atoms with van der Waals surface area (Å²) >= 11 is 0. The highest BCUT2D eigenvalue weighted by molar-refractivity contribution is 6.27. The molecule has 0 atom stereocenters. The summed E-state index contributed by atoms with van der Waals surface area (Å²) in [6.45, 7) is 0. The quantitative estimate of drug-likeness (QED) is 0.170. The van der Waals surface area contributed by atoms with Gasteiger partial charge < -0.3 is 0 Å². The Bertz CT molecular complexity index is 3340. The maximum absolute atomic E-state index is 5.39. The minimum Gasteiger partial charge on any atom is -0.290 e. The van der Waals surface area contributed by atoms with Gasteiger partial charge in [0.25, 0.3) is 0 Å². The summed E-state index contributed by atoms with van der Waals surface area (Å²) in [7, 11) is 0. The third-order valence-corrected chi connectivity index (χ3v) is 11.6. The van der Waals surface area contributed by atoms with Gasteiger partial charge in [0.1, 0.15) is 0 Å². The fourth-order valence-electron chi connectivity index (χ4n) is 8.99. The van der Waals surface area contributed by atoms with E-state index < -0.39 is 0 Å². The highest BCUT2D eigenvalue weighted by Crippen LogP contribution is 2.40. The molecule has 12 aromatic rings. The van der Waals surface area contributed by atoms with Crippen LogP contribution in [-0.4, -0.2) is 19.5 Å². The van der Waals surface area contributed by atoms with E-state index in [0.29, 0.717) is 11.6 Å². The van der Waals surface area contributed by atoms with E-state index in [4.69, 9.17) is 15.0 Å². The molecular formula is C53H32N4. The summed E-state index contributed by atoms with van der Waals surface area (Å²) in [4.78, 5) is 16.0. The first-order valence-corrected chi connectivity index (χ1v) is 19.4. The summed E-state index contributed by atoms with van der Waals surface area (Å²) in [5.41, 5.74) is 6.61. The fraction of sp³-hybridized carbons (Fsp3) is 0. The zero-order chi connectivity index (χ0) is 37.5. The number of para-hydroxylation sites is 3. The number of hydrogen-bond acceptors (Lipinski definition) is 3. The molecule has 264 valence electrons. The van der Waals surface area contributed by atoms with Gasteiger partial charge >= 0.3 is 0 Å². The molecule has 4 heteroatoms. The van der Waals surface area contributed by atoms with Gasteiger partial charge in [-0.05, 0) is 107 Å². The first-order valence-electron chi connectivity index (χ1n) is 19.4. The average molecular weight is 725 g/mol. The molecule has 0 saturated heterocycles. The fourth-order valence-corrected chi connectivity index (χ4v) is 8.99. The average Bonchev–Trinajstić information content (AvgIpc) is 3.69. The van der Waals surface area contributed by atoms with Gasteiger partial charge in [-0.1, -0.05) is 152 Å². The monoisotopic (exact) mass is 724 g/mol. The second-order valence-electron chi connectivity index (χ2n) is 14.8. The third-order valence-electron chi connectivity index (χ3n) is 11.6. The van der Waals surface area contributed by atoms with Gasteiger partial charge in [0.15, 0.2) is 11.6 Å². The molecule has 12 rings (SSSR count). The normalized spacial score (nSPS) is 11.9. The zero-order valence-electron chi connectivity index (χ0n) is 30.8. The summed E-state index contributed by atoms with van der Waals surface area (Å²) in [6, 6.07) is 69.2. The van der Waals surface area contributed by atoms with E-state index in [9.17, 15) is 0 Å². The van der Waals surface area contributed by atoms with E-state index in [1.54, 1.807) is 0 Å². The highest BCUT2D eigenvalue weighted by Gasteiger charge is 2.20. The van der Waals surface area contributed by atoms with Gasteiger partial charge in [-0.25, -0.2) is 15.0 Å². The molecule has 2 aromatic heterocycles. The van der Waals surface area contributed by atoms with Crippen LogP contribution in [0.25, 0.3) is 116 Å².